The van der Waals surface area contributed by atoms with Crippen LogP contribution in [-0.4, -0.2) is 29.2 Å². The molecule has 0 bridgehead atoms. The molecule has 0 aromatic carbocycles. The summed E-state index contributed by atoms with van der Waals surface area (Å²) in [6, 6.07) is 0. The van der Waals surface area contributed by atoms with Gasteiger partial charge in [0, 0.05) is 0 Å². The molecule has 0 rings (SSSR count). The van der Waals surface area contributed by atoms with Crippen LogP contribution in [0, 0.1) is 5.41 Å². The van der Waals surface area contributed by atoms with E-state index in [-0.39, 0.29) is 17.9 Å². The predicted molar refractivity (Wildman–Crippen MR) is 50.4 cm³/mol. The van der Waals surface area contributed by atoms with Gasteiger partial charge in [-0.1, -0.05) is 0 Å². The Morgan fingerprint density at radius 1 is 1.36 bits per heavy atom. The number of carbonyl (C=O) groups excluding carboxylic acids is 2. The third-order valence-electron chi connectivity index (χ3n) is 1.44. The number of rotatable bonds is 4. The number of hydrogen-bond acceptors (Lipinski definition) is 5. The van der Waals surface area contributed by atoms with Gasteiger partial charge in [-0.25, -0.2) is 4.79 Å². The molecule has 0 unspecified atom stereocenters. The molecule has 0 saturated heterocycles. The van der Waals surface area contributed by atoms with Crippen LogP contribution in [0.3, 0.4) is 0 Å². The molecule has 0 atom stereocenters. The summed E-state index contributed by atoms with van der Waals surface area (Å²) in [6.45, 7) is 4.12. The molecular formula is C9H13NO4. The van der Waals surface area contributed by atoms with Crippen molar-refractivity contribution in [3.8, 4) is 0 Å². The molecule has 0 saturated carbocycles. The van der Waals surface area contributed by atoms with E-state index in [0.717, 1.165) is 0 Å². The predicted octanol–water partition coefficient (Wildman–Crippen LogP) is 0.990. The highest BCUT2D eigenvalue weighted by Crippen LogP contribution is 2.05. The Kier molecular flexibility index (Phi) is 4.55. The molecular weight excluding hydrogens is 186 g/mol. The third kappa shape index (κ3) is 3.01. The van der Waals surface area contributed by atoms with Crippen LogP contribution >= 0.6 is 0 Å². The molecule has 0 fully saturated rings. The number of ketones is 1. The maximum absolute atomic E-state index is 11.0. The van der Waals surface area contributed by atoms with E-state index < -0.39 is 17.5 Å². The van der Waals surface area contributed by atoms with Crippen LogP contribution in [0.1, 0.15) is 20.8 Å². The standard InChI is InChI=1S/C9H13NO4/c1-4-14-9(13)8(10)7(5(2)11)6(3)12/h10-11H,4H2,1-3H3/b7-5-,10-8?. The average molecular weight is 199 g/mol. The zero-order valence-electron chi connectivity index (χ0n) is 8.38. The van der Waals surface area contributed by atoms with Gasteiger partial charge >= 0.3 is 5.97 Å². The van der Waals surface area contributed by atoms with Gasteiger partial charge in [-0.05, 0) is 20.8 Å². The quantitative estimate of drug-likeness (QED) is 0.306. The van der Waals surface area contributed by atoms with Crippen LogP contribution in [-0.2, 0) is 14.3 Å². The van der Waals surface area contributed by atoms with E-state index in [9.17, 15) is 9.59 Å². The highest BCUT2D eigenvalue weighted by molar-refractivity contribution is 6.48. The summed E-state index contributed by atoms with van der Waals surface area (Å²) in [5.41, 5.74) is -0.914. The van der Waals surface area contributed by atoms with Crippen molar-refractivity contribution >= 4 is 17.5 Å². The van der Waals surface area contributed by atoms with E-state index in [1.807, 2.05) is 0 Å². The number of nitrogens with one attached hydrogen (secondary N) is 1. The number of esters is 1. The van der Waals surface area contributed by atoms with Crippen molar-refractivity contribution in [2.75, 3.05) is 6.61 Å². The largest absolute Gasteiger partial charge is 0.512 e. The van der Waals surface area contributed by atoms with Crippen molar-refractivity contribution in [2.24, 2.45) is 0 Å². The first-order valence-corrected chi connectivity index (χ1v) is 4.08. The fourth-order valence-electron chi connectivity index (χ4n) is 0.917. The molecule has 0 radical (unpaired) electrons. The zero-order valence-corrected chi connectivity index (χ0v) is 8.38. The fourth-order valence-corrected chi connectivity index (χ4v) is 0.917. The summed E-state index contributed by atoms with van der Waals surface area (Å²) in [6.07, 6.45) is 0. The number of ether oxygens (including phenoxy) is 1. The molecule has 14 heavy (non-hydrogen) atoms. The monoisotopic (exact) mass is 199 g/mol. The van der Waals surface area contributed by atoms with E-state index in [0.29, 0.717) is 0 Å². The van der Waals surface area contributed by atoms with E-state index in [1.165, 1.54) is 13.8 Å². The summed E-state index contributed by atoms with van der Waals surface area (Å²) < 4.78 is 4.52. The molecule has 0 aromatic rings. The van der Waals surface area contributed by atoms with Crippen LogP contribution in [0.15, 0.2) is 11.3 Å². The van der Waals surface area contributed by atoms with Gasteiger partial charge in [0.25, 0.3) is 0 Å². The van der Waals surface area contributed by atoms with Gasteiger partial charge in [0.15, 0.2) is 11.5 Å². The third-order valence-corrected chi connectivity index (χ3v) is 1.44. The van der Waals surface area contributed by atoms with Crippen LogP contribution in [0.4, 0.5) is 0 Å². The number of aliphatic hydroxyl groups excluding tert-OH is 1. The summed E-state index contributed by atoms with van der Waals surface area (Å²) in [5.74, 6) is -1.80. The summed E-state index contributed by atoms with van der Waals surface area (Å²) in [4.78, 5) is 22.0. The van der Waals surface area contributed by atoms with Gasteiger partial charge in [0.2, 0.25) is 0 Å². The molecule has 0 amide bonds. The maximum atomic E-state index is 11.0. The van der Waals surface area contributed by atoms with E-state index in [1.54, 1.807) is 6.92 Å². The summed E-state index contributed by atoms with van der Waals surface area (Å²) >= 11 is 0. The van der Waals surface area contributed by atoms with Crippen molar-refractivity contribution in [3.63, 3.8) is 0 Å². The Morgan fingerprint density at radius 2 is 1.86 bits per heavy atom. The van der Waals surface area contributed by atoms with Crippen LogP contribution in [0.2, 0.25) is 0 Å². The molecule has 78 valence electrons. The summed E-state index contributed by atoms with van der Waals surface area (Å²) in [7, 11) is 0. The highest BCUT2D eigenvalue weighted by atomic mass is 16.5. The number of carbonyl (C=O) groups is 2. The lowest BCUT2D eigenvalue weighted by atomic mass is 10.1. The number of Topliss-reactive ketones (excluding diaryl/α,β-unsaturated/α-hetero) is 1. The van der Waals surface area contributed by atoms with Gasteiger partial charge in [0.05, 0.1) is 12.2 Å². The fraction of sp³-hybridized carbons (Fsp3) is 0.444. The minimum absolute atomic E-state index is 0.122. The van der Waals surface area contributed by atoms with Gasteiger partial charge in [-0.2, -0.15) is 0 Å². The minimum atomic E-state index is -0.911. The molecule has 0 aliphatic carbocycles. The van der Waals surface area contributed by atoms with Crippen molar-refractivity contribution in [1.29, 1.82) is 5.41 Å². The SMILES string of the molecule is CCOC(=O)C(=N)/C(C(C)=O)=C(/C)O. The van der Waals surface area contributed by atoms with E-state index in [2.05, 4.69) is 4.74 Å². The normalized spacial score (nSPS) is 11.6. The van der Waals surface area contributed by atoms with Crippen LogP contribution < -0.4 is 0 Å². The van der Waals surface area contributed by atoms with Gasteiger partial charge in [-0.3, -0.25) is 10.2 Å². The van der Waals surface area contributed by atoms with Crippen molar-refractivity contribution in [2.45, 2.75) is 20.8 Å². The lowest BCUT2D eigenvalue weighted by molar-refractivity contribution is -0.135. The molecule has 0 heterocycles. The lowest BCUT2D eigenvalue weighted by Crippen LogP contribution is -2.23. The lowest BCUT2D eigenvalue weighted by Gasteiger charge is -2.05. The second-order valence-corrected chi connectivity index (χ2v) is 2.61. The molecule has 0 aliphatic heterocycles. The Bertz CT molecular complexity index is 300. The number of hydrogen-bond donors (Lipinski definition) is 2. The molecule has 5 heteroatoms. The first kappa shape index (κ1) is 12.3. The molecule has 2 N–H and O–H groups in total. The molecule has 0 spiro atoms. The molecule has 0 aromatic heterocycles. The van der Waals surface area contributed by atoms with Crippen molar-refractivity contribution < 1.29 is 19.4 Å². The van der Waals surface area contributed by atoms with Gasteiger partial charge < -0.3 is 9.84 Å². The number of aliphatic hydroxyl groups is 1. The zero-order chi connectivity index (χ0) is 11.3. The Balaban J connectivity index is 4.91. The second kappa shape index (κ2) is 5.16. The van der Waals surface area contributed by atoms with Gasteiger partial charge in [-0.15, -0.1) is 0 Å². The maximum Gasteiger partial charge on any atom is 0.357 e. The van der Waals surface area contributed by atoms with Crippen LogP contribution in [0.5, 0.6) is 0 Å². The summed E-state index contributed by atoms with van der Waals surface area (Å²) in [5, 5.41) is 16.4. The topological polar surface area (TPSA) is 87.5 Å². The van der Waals surface area contributed by atoms with Crippen LogP contribution in [0.25, 0.3) is 0 Å². The first-order valence-electron chi connectivity index (χ1n) is 4.08. The smallest absolute Gasteiger partial charge is 0.357 e. The van der Waals surface area contributed by atoms with E-state index >= 15 is 0 Å². The van der Waals surface area contributed by atoms with E-state index in [4.69, 9.17) is 10.5 Å². The highest BCUT2D eigenvalue weighted by Gasteiger charge is 2.21. The van der Waals surface area contributed by atoms with Crippen molar-refractivity contribution in [1.82, 2.24) is 0 Å². The number of allylic oxidation sites excluding steroid dienone is 1. The minimum Gasteiger partial charge on any atom is -0.512 e. The van der Waals surface area contributed by atoms with Gasteiger partial charge in [0.1, 0.15) is 5.76 Å². The Hall–Kier alpha value is -1.65. The molecule has 5 nitrogen and oxygen atoms in total. The second-order valence-electron chi connectivity index (χ2n) is 2.61. The Morgan fingerprint density at radius 3 is 2.14 bits per heavy atom. The Labute approximate surface area is 81.9 Å². The molecule has 0 aliphatic rings. The van der Waals surface area contributed by atoms with Crippen molar-refractivity contribution in [3.05, 3.63) is 11.3 Å². The first-order chi connectivity index (χ1) is 6.41. The average Bonchev–Trinajstić information content (AvgIpc) is 2.03.